The predicted octanol–water partition coefficient (Wildman–Crippen LogP) is 4.00. The molecule has 1 unspecified atom stereocenters. The van der Waals surface area contributed by atoms with E-state index in [0.29, 0.717) is 5.92 Å². The number of hydrogen-bond acceptors (Lipinski definition) is 1. The van der Waals surface area contributed by atoms with Crippen molar-refractivity contribution in [3.8, 4) is 0 Å². The van der Waals surface area contributed by atoms with E-state index in [0.717, 1.165) is 10.6 Å². The van der Waals surface area contributed by atoms with E-state index in [1.165, 1.54) is 32.1 Å². The zero-order chi connectivity index (χ0) is 11.4. The molecule has 0 amide bonds. The molecule has 1 nitrogen and oxygen atoms in total. The minimum atomic E-state index is 0.217. The minimum absolute atomic E-state index is 0.217. The molecule has 0 radical (unpaired) electrons. The van der Waals surface area contributed by atoms with Crippen LogP contribution in [0.4, 0.5) is 0 Å². The van der Waals surface area contributed by atoms with Gasteiger partial charge in [0.1, 0.15) is 0 Å². The van der Waals surface area contributed by atoms with Gasteiger partial charge in [0.25, 0.3) is 0 Å². The summed E-state index contributed by atoms with van der Waals surface area (Å²) in [5.41, 5.74) is 1.12. The van der Waals surface area contributed by atoms with E-state index in [2.05, 4.69) is 6.07 Å². The van der Waals surface area contributed by atoms with Crippen molar-refractivity contribution in [2.24, 2.45) is 5.92 Å². The van der Waals surface area contributed by atoms with Crippen molar-refractivity contribution in [2.75, 3.05) is 6.61 Å². The number of aliphatic hydroxyl groups excluding tert-OH is 1. The third kappa shape index (κ3) is 2.58. The molecule has 2 heteroatoms. The quantitative estimate of drug-likeness (QED) is 0.844. The molecule has 0 aromatic heterocycles. The van der Waals surface area contributed by atoms with E-state index >= 15 is 0 Å². The maximum Gasteiger partial charge on any atom is 0.0502 e. The van der Waals surface area contributed by atoms with E-state index in [1.54, 1.807) is 0 Å². The third-order valence-corrected chi connectivity index (χ3v) is 4.06. The fraction of sp³-hybridized carbons (Fsp3) is 0.571. The SMILES string of the molecule is OCC(c1ccccc1Cl)C1CCCCC1. The van der Waals surface area contributed by atoms with Crippen LogP contribution in [0.25, 0.3) is 0 Å². The van der Waals surface area contributed by atoms with Crippen LogP contribution in [0.3, 0.4) is 0 Å². The van der Waals surface area contributed by atoms with Crippen molar-refractivity contribution in [3.63, 3.8) is 0 Å². The van der Waals surface area contributed by atoms with Gasteiger partial charge in [-0.2, -0.15) is 0 Å². The van der Waals surface area contributed by atoms with Gasteiger partial charge in [-0.05, 0) is 30.4 Å². The Morgan fingerprint density at radius 2 is 1.88 bits per heavy atom. The van der Waals surface area contributed by atoms with Gasteiger partial charge in [0.05, 0.1) is 6.61 Å². The van der Waals surface area contributed by atoms with Gasteiger partial charge in [0, 0.05) is 10.9 Å². The maximum atomic E-state index is 9.60. The summed E-state index contributed by atoms with van der Waals surface area (Å²) in [5, 5.41) is 10.4. The lowest BCUT2D eigenvalue weighted by molar-refractivity contribution is 0.196. The molecule has 1 aliphatic rings. The summed E-state index contributed by atoms with van der Waals surface area (Å²) in [6.07, 6.45) is 6.40. The zero-order valence-electron chi connectivity index (χ0n) is 9.53. The Morgan fingerprint density at radius 1 is 1.19 bits per heavy atom. The summed E-state index contributed by atoms with van der Waals surface area (Å²) in [6.45, 7) is 0.217. The van der Waals surface area contributed by atoms with Crippen molar-refractivity contribution < 1.29 is 5.11 Å². The second-order valence-electron chi connectivity index (χ2n) is 4.71. The largest absolute Gasteiger partial charge is 0.396 e. The van der Waals surface area contributed by atoms with Gasteiger partial charge in [-0.25, -0.2) is 0 Å². The smallest absolute Gasteiger partial charge is 0.0502 e. The Labute approximate surface area is 102 Å². The monoisotopic (exact) mass is 238 g/mol. The van der Waals surface area contributed by atoms with E-state index in [-0.39, 0.29) is 12.5 Å². The van der Waals surface area contributed by atoms with Crippen LogP contribution in [0, 0.1) is 5.92 Å². The van der Waals surface area contributed by atoms with E-state index in [1.807, 2.05) is 18.2 Å². The van der Waals surface area contributed by atoms with Gasteiger partial charge in [-0.15, -0.1) is 0 Å². The van der Waals surface area contributed by atoms with Crippen LogP contribution in [0.2, 0.25) is 5.02 Å². The van der Waals surface area contributed by atoms with Crippen LogP contribution in [0.5, 0.6) is 0 Å². The van der Waals surface area contributed by atoms with Crippen LogP contribution in [0.1, 0.15) is 43.6 Å². The Hall–Kier alpha value is -0.530. The van der Waals surface area contributed by atoms with Crippen molar-refractivity contribution >= 4 is 11.6 Å². The van der Waals surface area contributed by atoms with Crippen molar-refractivity contribution in [2.45, 2.75) is 38.0 Å². The molecular formula is C14H19ClO. The van der Waals surface area contributed by atoms with Gasteiger partial charge in [0.2, 0.25) is 0 Å². The Morgan fingerprint density at radius 3 is 2.50 bits per heavy atom. The van der Waals surface area contributed by atoms with E-state index in [4.69, 9.17) is 11.6 Å². The number of hydrogen-bond donors (Lipinski definition) is 1. The van der Waals surface area contributed by atoms with Gasteiger partial charge in [0.15, 0.2) is 0 Å². The Balaban J connectivity index is 2.18. The minimum Gasteiger partial charge on any atom is -0.396 e. The molecule has 1 aromatic rings. The number of rotatable bonds is 3. The molecule has 88 valence electrons. The lowest BCUT2D eigenvalue weighted by Gasteiger charge is -2.29. The first-order valence-corrected chi connectivity index (χ1v) is 6.56. The molecule has 1 fully saturated rings. The van der Waals surface area contributed by atoms with Crippen LogP contribution in [-0.2, 0) is 0 Å². The van der Waals surface area contributed by atoms with Gasteiger partial charge in [-0.1, -0.05) is 49.1 Å². The predicted molar refractivity (Wildman–Crippen MR) is 67.9 cm³/mol. The summed E-state index contributed by atoms with van der Waals surface area (Å²) in [5.74, 6) is 0.840. The van der Waals surface area contributed by atoms with Crippen molar-refractivity contribution in [1.82, 2.24) is 0 Å². The average molecular weight is 239 g/mol. The second-order valence-corrected chi connectivity index (χ2v) is 5.12. The highest BCUT2D eigenvalue weighted by Gasteiger charge is 2.25. The molecule has 0 heterocycles. The highest BCUT2D eigenvalue weighted by Crippen LogP contribution is 2.38. The van der Waals surface area contributed by atoms with Crippen LogP contribution in [-0.4, -0.2) is 11.7 Å². The first kappa shape index (κ1) is 11.9. The molecule has 0 spiro atoms. The van der Waals surface area contributed by atoms with E-state index in [9.17, 15) is 5.11 Å². The summed E-state index contributed by atoms with van der Waals surface area (Å²) in [7, 11) is 0. The van der Waals surface area contributed by atoms with E-state index < -0.39 is 0 Å². The molecule has 16 heavy (non-hydrogen) atoms. The van der Waals surface area contributed by atoms with Crippen LogP contribution in [0.15, 0.2) is 24.3 Å². The average Bonchev–Trinajstić information content (AvgIpc) is 2.34. The normalized spacial score (nSPS) is 19.6. The third-order valence-electron chi connectivity index (χ3n) is 3.72. The molecular weight excluding hydrogens is 220 g/mol. The zero-order valence-corrected chi connectivity index (χ0v) is 10.3. The highest BCUT2D eigenvalue weighted by atomic mass is 35.5. The molecule has 1 aromatic carbocycles. The summed E-state index contributed by atoms with van der Waals surface area (Å²) in [4.78, 5) is 0. The molecule has 1 saturated carbocycles. The molecule has 1 atom stereocenters. The molecule has 0 saturated heterocycles. The second kappa shape index (κ2) is 5.70. The maximum absolute atomic E-state index is 9.60. The van der Waals surface area contributed by atoms with Gasteiger partial charge >= 0.3 is 0 Å². The first-order valence-electron chi connectivity index (χ1n) is 6.18. The fourth-order valence-electron chi connectivity index (χ4n) is 2.81. The highest BCUT2D eigenvalue weighted by molar-refractivity contribution is 6.31. The molecule has 2 rings (SSSR count). The van der Waals surface area contributed by atoms with Crippen LogP contribution < -0.4 is 0 Å². The fourth-order valence-corrected chi connectivity index (χ4v) is 3.09. The summed E-state index contributed by atoms with van der Waals surface area (Å²) < 4.78 is 0. The lowest BCUT2D eigenvalue weighted by Crippen LogP contribution is -2.19. The Kier molecular flexibility index (Phi) is 4.25. The molecule has 0 bridgehead atoms. The Bertz CT molecular complexity index is 331. The first-order chi connectivity index (χ1) is 7.83. The number of halogens is 1. The lowest BCUT2D eigenvalue weighted by atomic mass is 9.77. The standard InChI is InChI=1S/C14H19ClO/c15-14-9-5-4-8-12(14)13(10-16)11-6-2-1-3-7-11/h4-5,8-9,11,13,16H,1-3,6-7,10H2. The molecule has 1 N–H and O–H groups in total. The molecule has 1 aliphatic carbocycles. The van der Waals surface area contributed by atoms with Gasteiger partial charge in [-0.3, -0.25) is 0 Å². The number of benzene rings is 1. The molecule has 0 aliphatic heterocycles. The van der Waals surface area contributed by atoms with Gasteiger partial charge < -0.3 is 5.11 Å². The van der Waals surface area contributed by atoms with Crippen LogP contribution >= 0.6 is 11.6 Å². The van der Waals surface area contributed by atoms with Crippen molar-refractivity contribution in [3.05, 3.63) is 34.9 Å². The van der Waals surface area contributed by atoms with Crippen molar-refractivity contribution in [1.29, 1.82) is 0 Å². The topological polar surface area (TPSA) is 20.2 Å². The summed E-state index contributed by atoms with van der Waals surface area (Å²) >= 11 is 6.21. The summed E-state index contributed by atoms with van der Waals surface area (Å²) in [6, 6.07) is 7.92. The number of aliphatic hydroxyl groups is 1.